The number of nitrogens with zero attached hydrogens (tertiary/aromatic N) is 2. The maximum Gasteiger partial charge on any atom is 0.153 e. The minimum Gasteiger partial charge on any atom is -0.380 e. The van der Waals surface area contributed by atoms with Gasteiger partial charge in [0.1, 0.15) is 0 Å². The lowest BCUT2D eigenvalue weighted by Crippen LogP contribution is -2.21. The highest BCUT2D eigenvalue weighted by atomic mass is 35.5. The summed E-state index contributed by atoms with van der Waals surface area (Å²) in [6.07, 6.45) is 1.63. The molecule has 0 radical (unpaired) electrons. The molecule has 1 rings (SSSR count). The molecule has 1 heterocycles. The first-order valence-corrected chi connectivity index (χ1v) is 4.92. The molecule has 0 saturated carbocycles. The van der Waals surface area contributed by atoms with Crippen LogP contribution in [0.3, 0.4) is 0 Å². The standard InChI is InChI=1S/C9H14ClN3O/c1-3-14-6-7(2)12-8-4-9(10)13-11-5-8/h4-5,7H,3,6H2,1-2H3,(H,12,13). The molecule has 0 bridgehead atoms. The molecule has 1 unspecified atom stereocenters. The van der Waals surface area contributed by atoms with E-state index in [0.29, 0.717) is 11.8 Å². The molecule has 0 aromatic carbocycles. The fourth-order valence-corrected chi connectivity index (χ4v) is 1.20. The first-order chi connectivity index (χ1) is 6.72. The summed E-state index contributed by atoms with van der Waals surface area (Å²) in [6, 6.07) is 1.96. The van der Waals surface area contributed by atoms with E-state index in [1.54, 1.807) is 12.3 Å². The second kappa shape index (κ2) is 5.78. The van der Waals surface area contributed by atoms with Crippen LogP contribution >= 0.6 is 11.6 Å². The Balaban J connectivity index is 2.43. The number of anilines is 1. The Hall–Kier alpha value is -0.870. The highest BCUT2D eigenvalue weighted by molar-refractivity contribution is 6.29. The van der Waals surface area contributed by atoms with E-state index in [2.05, 4.69) is 15.5 Å². The molecule has 0 aliphatic rings. The zero-order valence-corrected chi connectivity index (χ0v) is 9.08. The molecule has 1 aromatic heterocycles. The minimum atomic E-state index is 0.232. The smallest absolute Gasteiger partial charge is 0.153 e. The molecule has 14 heavy (non-hydrogen) atoms. The molecule has 1 aromatic rings. The number of nitrogens with one attached hydrogen (secondary N) is 1. The summed E-state index contributed by atoms with van der Waals surface area (Å²) in [5.41, 5.74) is 0.859. The Kier molecular flexibility index (Phi) is 4.62. The topological polar surface area (TPSA) is 47.0 Å². The Bertz CT molecular complexity index is 283. The molecular weight excluding hydrogens is 202 g/mol. The van der Waals surface area contributed by atoms with Crippen molar-refractivity contribution in [3.8, 4) is 0 Å². The third-order valence-corrected chi connectivity index (χ3v) is 1.79. The number of ether oxygens (including phenoxy) is 1. The molecule has 78 valence electrons. The Labute approximate surface area is 88.6 Å². The van der Waals surface area contributed by atoms with Gasteiger partial charge in [-0.3, -0.25) is 0 Å². The fourth-order valence-electron chi connectivity index (χ4n) is 1.04. The van der Waals surface area contributed by atoms with Crippen molar-refractivity contribution in [1.29, 1.82) is 0 Å². The lowest BCUT2D eigenvalue weighted by molar-refractivity contribution is 0.141. The molecule has 5 heteroatoms. The quantitative estimate of drug-likeness (QED) is 0.816. The van der Waals surface area contributed by atoms with E-state index in [4.69, 9.17) is 16.3 Å². The monoisotopic (exact) mass is 215 g/mol. The summed E-state index contributed by atoms with van der Waals surface area (Å²) in [6.45, 7) is 5.39. The van der Waals surface area contributed by atoms with Crippen LogP contribution in [0.4, 0.5) is 5.69 Å². The van der Waals surface area contributed by atoms with Crippen molar-refractivity contribution in [3.05, 3.63) is 17.4 Å². The van der Waals surface area contributed by atoms with Gasteiger partial charge < -0.3 is 10.1 Å². The van der Waals surface area contributed by atoms with E-state index in [1.807, 2.05) is 13.8 Å². The van der Waals surface area contributed by atoms with Gasteiger partial charge >= 0.3 is 0 Å². The van der Waals surface area contributed by atoms with E-state index in [1.165, 1.54) is 0 Å². The number of hydrogen-bond donors (Lipinski definition) is 1. The van der Waals surface area contributed by atoms with Crippen molar-refractivity contribution < 1.29 is 4.74 Å². The van der Waals surface area contributed by atoms with E-state index in [9.17, 15) is 0 Å². The number of aromatic nitrogens is 2. The average molecular weight is 216 g/mol. The zero-order chi connectivity index (χ0) is 10.4. The Morgan fingerprint density at radius 1 is 1.64 bits per heavy atom. The summed E-state index contributed by atoms with van der Waals surface area (Å²) in [7, 11) is 0. The summed E-state index contributed by atoms with van der Waals surface area (Å²) in [5.74, 6) is 0. The molecule has 1 atom stereocenters. The van der Waals surface area contributed by atoms with Crippen molar-refractivity contribution in [2.75, 3.05) is 18.5 Å². The molecular formula is C9H14ClN3O. The Morgan fingerprint density at radius 3 is 3.07 bits per heavy atom. The Morgan fingerprint density at radius 2 is 2.43 bits per heavy atom. The van der Waals surface area contributed by atoms with Crippen LogP contribution in [0.1, 0.15) is 13.8 Å². The van der Waals surface area contributed by atoms with Gasteiger partial charge in [-0.1, -0.05) is 11.6 Å². The van der Waals surface area contributed by atoms with Crippen LogP contribution in [-0.2, 0) is 4.74 Å². The molecule has 0 aliphatic heterocycles. The van der Waals surface area contributed by atoms with Crippen LogP contribution in [0.2, 0.25) is 5.15 Å². The van der Waals surface area contributed by atoms with Gasteiger partial charge in [-0.2, -0.15) is 5.10 Å². The largest absolute Gasteiger partial charge is 0.380 e. The summed E-state index contributed by atoms with van der Waals surface area (Å²) < 4.78 is 5.27. The van der Waals surface area contributed by atoms with Gasteiger partial charge in [0.25, 0.3) is 0 Å². The summed E-state index contributed by atoms with van der Waals surface area (Å²) >= 11 is 5.69. The van der Waals surface area contributed by atoms with Crippen LogP contribution in [0.5, 0.6) is 0 Å². The maximum atomic E-state index is 5.69. The van der Waals surface area contributed by atoms with Crippen molar-refractivity contribution in [2.45, 2.75) is 19.9 Å². The van der Waals surface area contributed by atoms with Crippen molar-refractivity contribution in [2.24, 2.45) is 0 Å². The van der Waals surface area contributed by atoms with Gasteiger partial charge in [-0.15, -0.1) is 5.10 Å². The van der Waals surface area contributed by atoms with Crippen molar-refractivity contribution >= 4 is 17.3 Å². The summed E-state index contributed by atoms with van der Waals surface area (Å²) in [5, 5.41) is 11.0. The van der Waals surface area contributed by atoms with E-state index in [-0.39, 0.29) is 6.04 Å². The maximum absolute atomic E-state index is 5.69. The second-order valence-electron chi connectivity index (χ2n) is 2.97. The molecule has 0 aliphatic carbocycles. The fraction of sp³-hybridized carbons (Fsp3) is 0.556. The lowest BCUT2D eigenvalue weighted by Gasteiger charge is -2.14. The average Bonchev–Trinajstić information content (AvgIpc) is 2.15. The van der Waals surface area contributed by atoms with Gasteiger partial charge in [-0.25, -0.2) is 0 Å². The first kappa shape index (κ1) is 11.2. The molecule has 4 nitrogen and oxygen atoms in total. The minimum absolute atomic E-state index is 0.232. The van der Waals surface area contributed by atoms with Gasteiger partial charge in [0.05, 0.1) is 18.5 Å². The van der Waals surface area contributed by atoms with Crippen molar-refractivity contribution in [1.82, 2.24) is 10.2 Å². The van der Waals surface area contributed by atoms with Crippen LogP contribution in [-0.4, -0.2) is 29.5 Å². The third-order valence-electron chi connectivity index (χ3n) is 1.61. The number of hydrogen-bond acceptors (Lipinski definition) is 4. The molecule has 1 N–H and O–H groups in total. The van der Waals surface area contributed by atoms with Crippen LogP contribution in [0.25, 0.3) is 0 Å². The summed E-state index contributed by atoms with van der Waals surface area (Å²) in [4.78, 5) is 0. The lowest BCUT2D eigenvalue weighted by atomic mass is 10.3. The van der Waals surface area contributed by atoms with Crippen LogP contribution in [0, 0.1) is 0 Å². The predicted octanol–water partition coefficient (Wildman–Crippen LogP) is 1.97. The van der Waals surface area contributed by atoms with E-state index >= 15 is 0 Å². The highest BCUT2D eigenvalue weighted by Gasteiger charge is 2.02. The first-order valence-electron chi connectivity index (χ1n) is 4.55. The van der Waals surface area contributed by atoms with Crippen molar-refractivity contribution in [3.63, 3.8) is 0 Å². The van der Waals surface area contributed by atoms with Crippen LogP contribution < -0.4 is 5.32 Å². The van der Waals surface area contributed by atoms with Gasteiger partial charge in [0, 0.05) is 18.7 Å². The van der Waals surface area contributed by atoms with E-state index in [0.717, 1.165) is 12.3 Å². The predicted molar refractivity (Wildman–Crippen MR) is 56.6 cm³/mol. The highest BCUT2D eigenvalue weighted by Crippen LogP contribution is 2.11. The van der Waals surface area contributed by atoms with Gasteiger partial charge in [-0.05, 0) is 13.8 Å². The van der Waals surface area contributed by atoms with Gasteiger partial charge in [0.2, 0.25) is 0 Å². The molecule has 0 saturated heterocycles. The SMILES string of the molecule is CCOCC(C)Nc1cnnc(Cl)c1. The van der Waals surface area contributed by atoms with E-state index < -0.39 is 0 Å². The number of rotatable bonds is 5. The molecule has 0 amide bonds. The van der Waals surface area contributed by atoms with Crippen LogP contribution in [0.15, 0.2) is 12.3 Å². The molecule has 0 fully saturated rings. The molecule has 0 spiro atoms. The number of halogens is 1. The second-order valence-corrected chi connectivity index (χ2v) is 3.36. The normalized spacial score (nSPS) is 12.5. The third kappa shape index (κ3) is 3.89. The zero-order valence-electron chi connectivity index (χ0n) is 8.33. The van der Waals surface area contributed by atoms with Gasteiger partial charge in [0.15, 0.2) is 5.15 Å².